The second-order valence-corrected chi connectivity index (χ2v) is 5.40. The second kappa shape index (κ2) is 5.12. The summed E-state index contributed by atoms with van der Waals surface area (Å²) >= 11 is 0. The van der Waals surface area contributed by atoms with Gasteiger partial charge in [0.15, 0.2) is 0 Å². The van der Waals surface area contributed by atoms with Gasteiger partial charge in [-0.3, -0.25) is 9.89 Å². The van der Waals surface area contributed by atoms with Crippen molar-refractivity contribution in [1.29, 1.82) is 0 Å². The second-order valence-electron chi connectivity index (χ2n) is 5.40. The smallest absolute Gasteiger partial charge is 0.274 e. The number of benzene rings is 1. The third kappa shape index (κ3) is 2.22. The summed E-state index contributed by atoms with van der Waals surface area (Å²) in [4.78, 5) is 14.6. The molecule has 1 aromatic carbocycles. The molecule has 2 heterocycles. The van der Waals surface area contributed by atoms with E-state index in [4.69, 9.17) is 0 Å². The Morgan fingerprint density at radius 1 is 1.40 bits per heavy atom. The van der Waals surface area contributed by atoms with Crippen LogP contribution in [0.15, 0.2) is 30.3 Å². The molecule has 1 N–H and O–H groups in total. The van der Waals surface area contributed by atoms with Crippen LogP contribution in [0.4, 0.5) is 0 Å². The predicted molar refractivity (Wildman–Crippen MR) is 77.4 cm³/mol. The Morgan fingerprint density at radius 3 is 2.80 bits per heavy atom. The van der Waals surface area contributed by atoms with E-state index in [0.29, 0.717) is 12.2 Å². The number of aromatic nitrogens is 2. The third-order valence-corrected chi connectivity index (χ3v) is 4.01. The number of carbonyl (C=O) groups is 1. The molecule has 20 heavy (non-hydrogen) atoms. The number of aryl methyl sites for hydroxylation is 1. The molecule has 1 aliphatic heterocycles. The number of H-pyrrole nitrogens is 1. The molecule has 0 saturated carbocycles. The minimum atomic E-state index is 0.0238. The number of aromatic amines is 1. The van der Waals surface area contributed by atoms with Gasteiger partial charge in [0, 0.05) is 18.3 Å². The van der Waals surface area contributed by atoms with Crippen LogP contribution in [0.25, 0.3) is 0 Å². The first kappa shape index (κ1) is 12.9. The Morgan fingerprint density at radius 2 is 2.15 bits per heavy atom. The van der Waals surface area contributed by atoms with Crippen LogP contribution in [0.1, 0.15) is 40.7 Å². The quantitative estimate of drug-likeness (QED) is 0.911. The van der Waals surface area contributed by atoms with E-state index in [2.05, 4.69) is 35.3 Å². The van der Waals surface area contributed by atoms with Crippen molar-refractivity contribution in [3.8, 4) is 0 Å². The molecular weight excluding hydrogens is 250 g/mol. The van der Waals surface area contributed by atoms with Crippen molar-refractivity contribution in [2.45, 2.75) is 39.3 Å². The molecule has 1 aliphatic rings. The predicted octanol–water partition coefficient (Wildman–Crippen LogP) is 2.70. The number of hydrogen-bond donors (Lipinski definition) is 1. The highest BCUT2D eigenvalue weighted by Gasteiger charge is 2.30. The SMILES string of the molecule is CCC1Cc2ccccc2CN1C(=O)c1cc(C)[nH]n1. The zero-order valence-electron chi connectivity index (χ0n) is 11.9. The van der Waals surface area contributed by atoms with Gasteiger partial charge < -0.3 is 4.90 Å². The van der Waals surface area contributed by atoms with Crippen LogP contribution >= 0.6 is 0 Å². The lowest BCUT2D eigenvalue weighted by atomic mass is 9.92. The molecule has 1 atom stereocenters. The molecule has 104 valence electrons. The summed E-state index contributed by atoms with van der Waals surface area (Å²) in [6.45, 7) is 4.72. The van der Waals surface area contributed by atoms with Gasteiger partial charge in [0.1, 0.15) is 5.69 Å². The first-order valence-electron chi connectivity index (χ1n) is 7.08. The van der Waals surface area contributed by atoms with Gasteiger partial charge in [0.05, 0.1) is 0 Å². The Hall–Kier alpha value is -2.10. The molecule has 2 aromatic rings. The molecule has 4 nitrogen and oxygen atoms in total. The first-order chi connectivity index (χ1) is 9.69. The van der Waals surface area contributed by atoms with Crippen molar-refractivity contribution in [2.24, 2.45) is 0 Å². The maximum atomic E-state index is 12.6. The van der Waals surface area contributed by atoms with E-state index in [9.17, 15) is 4.79 Å². The topological polar surface area (TPSA) is 49.0 Å². The highest BCUT2D eigenvalue weighted by Crippen LogP contribution is 2.26. The number of fused-ring (bicyclic) bond motifs is 1. The van der Waals surface area contributed by atoms with Crippen LogP contribution < -0.4 is 0 Å². The van der Waals surface area contributed by atoms with E-state index in [1.54, 1.807) is 0 Å². The van der Waals surface area contributed by atoms with Crippen LogP contribution in [-0.2, 0) is 13.0 Å². The summed E-state index contributed by atoms with van der Waals surface area (Å²) in [5, 5.41) is 6.94. The maximum Gasteiger partial charge on any atom is 0.274 e. The van der Waals surface area contributed by atoms with E-state index < -0.39 is 0 Å². The van der Waals surface area contributed by atoms with Gasteiger partial charge in [-0.25, -0.2) is 0 Å². The summed E-state index contributed by atoms with van der Waals surface area (Å²) in [5.41, 5.74) is 4.04. The number of nitrogens with zero attached hydrogens (tertiary/aromatic N) is 2. The number of hydrogen-bond acceptors (Lipinski definition) is 2. The van der Waals surface area contributed by atoms with Crippen LogP contribution in [0.2, 0.25) is 0 Å². The number of nitrogens with one attached hydrogen (secondary N) is 1. The van der Waals surface area contributed by atoms with Crippen LogP contribution in [0.3, 0.4) is 0 Å². The lowest BCUT2D eigenvalue weighted by Crippen LogP contribution is -2.44. The molecule has 0 bridgehead atoms. The highest BCUT2D eigenvalue weighted by molar-refractivity contribution is 5.92. The van der Waals surface area contributed by atoms with E-state index >= 15 is 0 Å². The van der Waals surface area contributed by atoms with E-state index in [1.807, 2.05) is 24.0 Å². The van der Waals surface area contributed by atoms with Crippen molar-refractivity contribution in [1.82, 2.24) is 15.1 Å². The number of carbonyl (C=O) groups excluding carboxylic acids is 1. The summed E-state index contributed by atoms with van der Waals surface area (Å²) < 4.78 is 0. The summed E-state index contributed by atoms with van der Waals surface area (Å²) in [6, 6.07) is 10.5. The van der Waals surface area contributed by atoms with Crippen molar-refractivity contribution in [3.05, 3.63) is 52.8 Å². The van der Waals surface area contributed by atoms with E-state index in [0.717, 1.165) is 18.5 Å². The molecule has 0 saturated heterocycles. The van der Waals surface area contributed by atoms with E-state index in [1.165, 1.54) is 11.1 Å². The van der Waals surface area contributed by atoms with Gasteiger partial charge >= 0.3 is 0 Å². The summed E-state index contributed by atoms with van der Waals surface area (Å²) in [7, 11) is 0. The molecule has 3 rings (SSSR count). The molecule has 0 aliphatic carbocycles. The van der Waals surface area contributed by atoms with Crippen molar-refractivity contribution >= 4 is 5.91 Å². The van der Waals surface area contributed by atoms with Gasteiger partial charge in [-0.2, -0.15) is 5.10 Å². The van der Waals surface area contributed by atoms with Gasteiger partial charge in [-0.1, -0.05) is 31.2 Å². The highest BCUT2D eigenvalue weighted by atomic mass is 16.2. The molecule has 0 fully saturated rings. The van der Waals surface area contributed by atoms with Gasteiger partial charge in [0.25, 0.3) is 5.91 Å². The Bertz CT molecular complexity index is 632. The monoisotopic (exact) mass is 269 g/mol. The van der Waals surface area contributed by atoms with E-state index in [-0.39, 0.29) is 11.9 Å². The molecule has 4 heteroatoms. The van der Waals surface area contributed by atoms with Crippen LogP contribution in [0.5, 0.6) is 0 Å². The number of rotatable bonds is 2. The minimum Gasteiger partial charge on any atom is -0.330 e. The maximum absolute atomic E-state index is 12.6. The Labute approximate surface area is 118 Å². The summed E-state index contributed by atoms with van der Waals surface area (Å²) in [6.07, 6.45) is 1.89. The van der Waals surface area contributed by atoms with Crippen molar-refractivity contribution in [2.75, 3.05) is 0 Å². The Balaban J connectivity index is 1.90. The Kier molecular flexibility index (Phi) is 3.30. The van der Waals surface area contributed by atoms with Crippen LogP contribution in [-0.4, -0.2) is 27.0 Å². The third-order valence-electron chi connectivity index (χ3n) is 4.01. The van der Waals surface area contributed by atoms with Gasteiger partial charge in [-0.05, 0) is 37.0 Å². The van der Waals surface area contributed by atoms with Crippen molar-refractivity contribution < 1.29 is 4.79 Å². The fourth-order valence-electron chi connectivity index (χ4n) is 2.86. The summed E-state index contributed by atoms with van der Waals surface area (Å²) in [5.74, 6) is 0.0238. The molecule has 1 amide bonds. The van der Waals surface area contributed by atoms with Gasteiger partial charge in [0.2, 0.25) is 0 Å². The first-order valence-corrected chi connectivity index (χ1v) is 7.08. The van der Waals surface area contributed by atoms with Crippen molar-refractivity contribution in [3.63, 3.8) is 0 Å². The lowest BCUT2D eigenvalue weighted by Gasteiger charge is -2.36. The zero-order valence-corrected chi connectivity index (χ0v) is 11.9. The standard InChI is InChI=1S/C16H19N3O/c1-3-14-9-12-6-4-5-7-13(12)10-19(14)16(20)15-8-11(2)17-18-15/h4-8,14H,3,9-10H2,1-2H3,(H,17,18). The molecule has 1 aromatic heterocycles. The molecular formula is C16H19N3O. The van der Waals surface area contributed by atoms with Crippen LogP contribution in [0, 0.1) is 6.92 Å². The fraction of sp³-hybridized carbons (Fsp3) is 0.375. The number of amides is 1. The van der Waals surface area contributed by atoms with Gasteiger partial charge in [-0.15, -0.1) is 0 Å². The molecule has 0 radical (unpaired) electrons. The average Bonchev–Trinajstić information content (AvgIpc) is 2.91. The average molecular weight is 269 g/mol. The molecule has 1 unspecified atom stereocenters. The zero-order chi connectivity index (χ0) is 14.1. The lowest BCUT2D eigenvalue weighted by molar-refractivity contribution is 0.0628. The molecule has 0 spiro atoms. The minimum absolute atomic E-state index is 0.0238. The fourth-order valence-corrected chi connectivity index (χ4v) is 2.86. The largest absolute Gasteiger partial charge is 0.330 e. The normalized spacial score (nSPS) is 17.9.